The van der Waals surface area contributed by atoms with E-state index in [2.05, 4.69) is 5.32 Å². The highest BCUT2D eigenvalue weighted by Crippen LogP contribution is 1.98. The minimum atomic E-state index is 0. The molecule has 100 valence electrons. The van der Waals surface area contributed by atoms with E-state index in [9.17, 15) is 0 Å². The largest absolute Gasteiger partial charge is 0.330 e. The molecule has 0 aliphatic carbocycles. The van der Waals surface area contributed by atoms with Crippen molar-refractivity contribution < 1.29 is 0 Å². The Balaban J connectivity index is 0. The highest BCUT2D eigenvalue weighted by Gasteiger charge is 1.91. The van der Waals surface area contributed by atoms with Crippen molar-refractivity contribution in [3.8, 4) is 0 Å². The Morgan fingerprint density at radius 2 is 0.938 bits per heavy atom. The Kier molecular flexibility index (Phi) is 20.3. The number of nitrogens with two attached hydrogens (primary N) is 2. The number of hydrogen-bond acceptors (Lipinski definition) is 3. The summed E-state index contributed by atoms with van der Waals surface area (Å²) in [7, 11) is 0. The monoisotopic (exact) mass is 251 g/mol. The van der Waals surface area contributed by atoms with E-state index in [-0.39, 0.29) is 12.4 Å². The van der Waals surface area contributed by atoms with Crippen molar-refractivity contribution in [2.45, 2.75) is 51.4 Å². The van der Waals surface area contributed by atoms with Gasteiger partial charge in [0.2, 0.25) is 0 Å². The van der Waals surface area contributed by atoms with Gasteiger partial charge in [-0.25, -0.2) is 0 Å². The fourth-order valence-electron chi connectivity index (χ4n) is 1.62. The first-order chi connectivity index (χ1) is 7.41. The van der Waals surface area contributed by atoms with E-state index in [0.29, 0.717) is 0 Å². The fraction of sp³-hybridized carbons (Fsp3) is 1.00. The standard InChI is InChI=1S/C12H29N3.ClH/c13-9-5-1-3-7-11-15-12-8-4-2-6-10-14;/h15H,1-14H2;1H. The molecule has 0 unspecified atom stereocenters. The van der Waals surface area contributed by atoms with E-state index in [1.807, 2.05) is 0 Å². The number of halogens is 1. The van der Waals surface area contributed by atoms with Crippen LogP contribution in [0.2, 0.25) is 0 Å². The molecule has 0 bridgehead atoms. The summed E-state index contributed by atoms with van der Waals surface area (Å²) in [5, 5.41) is 3.48. The maximum atomic E-state index is 5.42. The van der Waals surface area contributed by atoms with Gasteiger partial charge in [-0.3, -0.25) is 0 Å². The molecule has 0 atom stereocenters. The average Bonchev–Trinajstić information content (AvgIpc) is 2.26. The molecule has 0 aliphatic rings. The highest BCUT2D eigenvalue weighted by atomic mass is 35.5. The third-order valence-corrected chi connectivity index (χ3v) is 2.62. The van der Waals surface area contributed by atoms with Gasteiger partial charge >= 0.3 is 0 Å². The van der Waals surface area contributed by atoms with E-state index in [4.69, 9.17) is 11.5 Å². The second-order valence-electron chi connectivity index (χ2n) is 4.16. The smallest absolute Gasteiger partial charge is 0.00489 e. The molecule has 0 rings (SSSR count). The molecular weight excluding hydrogens is 222 g/mol. The molecule has 0 spiro atoms. The van der Waals surface area contributed by atoms with Gasteiger partial charge in [-0.15, -0.1) is 12.4 Å². The average molecular weight is 252 g/mol. The van der Waals surface area contributed by atoms with Crippen LogP contribution in [0.1, 0.15) is 51.4 Å². The number of hydrogen-bond donors (Lipinski definition) is 3. The van der Waals surface area contributed by atoms with Gasteiger partial charge in [0.1, 0.15) is 0 Å². The minimum absolute atomic E-state index is 0. The maximum absolute atomic E-state index is 5.42. The predicted molar refractivity (Wildman–Crippen MR) is 75.2 cm³/mol. The van der Waals surface area contributed by atoms with E-state index < -0.39 is 0 Å². The summed E-state index contributed by atoms with van der Waals surface area (Å²) in [6.07, 6.45) is 10.2. The van der Waals surface area contributed by atoms with Crippen LogP contribution in [0.4, 0.5) is 0 Å². The van der Waals surface area contributed by atoms with Crippen LogP contribution < -0.4 is 16.8 Å². The normalized spacial score (nSPS) is 10.1. The summed E-state index contributed by atoms with van der Waals surface area (Å²) in [5.41, 5.74) is 10.8. The zero-order valence-corrected chi connectivity index (χ0v) is 11.4. The molecular formula is C12H30ClN3. The Hall–Kier alpha value is 0.170. The molecule has 0 radical (unpaired) electrons. The van der Waals surface area contributed by atoms with Crippen LogP contribution in [0.15, 0.2) is 0 Å². The third kappa shape index (κ3) is 16.6. The summed E-state index contributed by atoms with van der Waals surface area (Å²) >= 11 is 0. The first-order valence-corrected chi connectivity index (χ1v) is 6.52. The van der Waals surface area contributed by atoms with Crippen molar-refractivity contribution in [2.24, 2.45) is 11.5 Å². The first-order valence-electron chi connectivity index (χ1n) is 6.52. The summed E-state index contributed by atoms with van der Waals surface area (Å²) in [5.74, 6) is 0. The van der Waals surface area contributed by atoms with E-state index in [1.54, 1.807) is 0 Å². The van der Waals surface area contributed by atoms with Gasteiger partial charge in [0.15, 0.2) is 0 Å². The molecule has 5 N–H and O–H groups in total. The van der Waals surface area contributed by atoms with Gasteiger partial charge in [0.05, 0.1) is 0 Å². The van der Waals surface area contributed by atoms with Crippen molar-refractivity contribution in [3.63, 3.8) is 0 Å². The van der Waals surface area contributed by atoms with E-state index in [1.165, 1.54) is 64.5 Å². The van der Waals surface area contributed by atoms with Gasteiger partial charge in [0.25, 0.3) is 0 Å². The topological polar surface area (TPSA) is 64.1 Å². The van der Waals surface area contributed by atoms with E-state index >= 15 is 0 Å². The first kappa shape index (κ1) is 18.5. The quantitative estimate of drug-likeness (QED) is 0.465. The van der Waals surface area contributed by atoms with Crippen LogP contribution >= 0.6 is 12.4 Å². The zero-order chi connectivity index (χ0) is 11.2. The lowest BCUT2D eigenvalue weighted by molar-refractivity contribution is 0.558. The summed E-state index contributed by atoms with van der Waals surface area (Å²) in [4.78, 5) is 0. The van der Waals surface area contributed by atoms with Crippen molar-refractivity contribution in [1.82, 2.24) is 5.32 Å². The molecule has 0 saturated carbocycles. The third-order valence-electron chi connectivity index (χ3n) is 2.62. The number of unbranched alkanes of at least 4 members (excludes halogenated alkanes) is 6. The second kappa shape index (κ2) is 17.6. The highest BCUT2D eigenvalue weighted by molar-refractivity contribution is 5.85. The molecule has 3 nitrogen and oxygen atoms in total. The summed E-state index contributed by atoms with van der Waals surface area (Å²) < 4.78 is 0. The summed E-state index contributed by atoms with van der Waals surface area (Å²) in [6.45, 7) is 4.02. The molecule has 0 aromatic heterocycles. The van der Waals surface area contributed by atoms with Gasteiger partial charge < -0.3 is 16.8 Å². The lowest BCUT2D eigenvalue weighted by Gasteiger charge is -2.04. The number of rotatable bonds is 12. The van der Waals surface area contributed by atoms with Crippen molar-refractivity contribution in [2.75, 3.05) is 26.2 Å². The van der Waals surface area contributed by atoms with Gasteiger partial charge in [-0.05, 0) is 51.9 Å². The van der Waals surface area contributed by atoms with Crippen molar-refractivity contribution in [3.05, 3.63) is 0 Å². The fourth-order valence-corrected chi connectivity index (χ4v) is 1.62. The van der Waals surface area contributed by atoms with Gasteiger partial charge in [-0.1, -0.05) is 25.7 Å². The van der Waals surface area contributed by atoms with Crippen molar-refractivity contribution >= 4 is 12.4 Å². The Morgan fingerprint density at radius 1 is 0.562 bits per heavy atom. The second-order valence-corrected chi connectivity index (χ2v) is 4.16. The Labute approximate surface area is 107 Å². The van der Waals surface area contributed by atoms with Crippen LogP contribution in [0.5, 0.6) is 0 Å². The van der Waals surface area contributed by atoms with E-state index in [0.717, 1.165) is 13.1 Å². The van der Waals surface area contributed by atoms with Crippen LogP contribution in [-0.4, -0.2) is 26.2 Å². The Bertz CT molecular complexity index is 100. The van der Waals surface area contributed by atoms with Gasteiger partial charge in [0, 0.05) is 0 Å². The maximum Gasteiger partial charge on any atom is -0.00489 e. The SMILES string of the molecule is Cl.NCCCCCCNCCCCCCN. The van der Waals surface area contributed by atoms with Crippen LogP contribution in [0.3, 0.4) is 0 Å². The van der Waals surface area contributed by atoms with Crippen LogP contribution in [-0.2, 0) is 0 Å². The molecule has 0 aromatic carbocycles. The number of nitrogens with one attached hydrogen (secondary N) is 1. The molecule has 0 fully saturated rings. The molecule has 0 heterocycles. The molecule has 0 saturated heterocycles. The molecule has 0 aromatic rings. The van der Waals surface area contributed by atoms with Crippen molar-refractivity contribution in [1.29, 1.82) is 0 Å². The zero-order valence-electron chi connectivity index (χ0n) is 10.5. The molecule has 0 amide bonds. The molecule has 0 aliphatic heterocycles. The predicted octanol–water partition coefficient (Wildman–Crippen LogP) is 2.04. The van der Waals surface area contributed by atoms with Gasteiger partial charge in [-0.2, -0.15) is 0 Å². The molecule has 16 heavy (non-hydrogen) atoms. The minimum Gasteiger partial charge on any atom is -0.330 e. The summed E-state index contributed by atoms with van der Waals surface area (Å²) in [6, 6.07) is 0. The lowest BCUT2D eigenvalue weighted by Crippen LogP contribution is -2.16. The van der Waals surface area contributed by atoms with Crippen LogP contribution in [0, 0.1) is 0 Å². The molecule has 4 heteroatoms. The Morgan fingerprint density at radius 3 is 1.31 bits per heavy atom. The van der Waals surface area contributed by atoms with Crippen LogP contribution in [0.25, 0.3) is 0 Å². The lowest BCUT2D eigenvalue weighted by atomic mass is 10.2.